The Morgan fingerprint density at radius 3 is 2.54 bits per heavy atom. The van der Waals surface area contributed by atoms with Gasteiger partial charge in [-0.25, -0.2) is 9.67 Å². The second-order valence-corrected chi connectivity index (χ2v) is 6.72. The quantitative estimate of drug-likeness (QED) is 0.693. The predicted octanol–water partition coefficient (Wildman–Crippen LogP) is 4.13. The highest BCUT2D eigenvalue weighted by Crippen LogP contribution is 2.24. The van der Waals surface area contributed by atoms with Gasteiger partial charge in [-0.2, -0.15) is 0 Å². The number of nitrogens with zero attached hydrogens (tertiary/aromatic N) is 4. The van der Waals surface area contributed by atoms with Crippen molar-refractivity contribution in [1.82, 2.24) is 19.7 Å². The first kappa shape index (κ1) is 17.9. The maximum atomic E-state index is 12.8. The minimum absolute atomic E-state index is 0.182. The highest BCUT2D eigenvalue weighted by Gasteiger charge is 2.25. The smallest absolute Gasteiger partial charge is 0.293 e. The zero-order valence-electron chi connectivity index (χ0n) is 15.8. The summed E-state index contributed by atoms with van der Waals surface area (Å²) in [5, 5.41) is 4.49. The Balaban J connectivity index is 1.92. The summed E-state index contributed by atoms with van der Waals surface area (Å²) >= 11 is 0. The number of hydrogen-bond acceptors (Lipinski definition) is 4. The van der Waals surface area contributed by atoms with Crippen molar-refractivity contribution in [1.29, 1.82) is 0 Å². The van der Waals surface area contributed by atoms with Gasteiger partial charge >= 0.3 is 0 Å². The minimum atomic E-state index is -0.238. The molecule has 136 valence electrons. The molecule has 2 aromatic heterocycles. The first-order valence-corrected chi connectivity index (χ1v) is 8.73. The van der Waals surface area contributed by atoms with Gasteiger partial charge in [0.25, 0.3) is 5.91 Å². The lowest BCUT2D eigenvalue weighted by Crippen LogP contribution is -2.30. The maximum absolute atomic E-state index is 12.8. The second kappa shape index (κ2) is 7.15. The molecule has 0 bridgehead atoms. The Labute approximate surface area is 153 Å². The Hall–Kier alpha value is -2.89. The summed E-state index contributed by atoms with van der Waals surface area (Å²) in [6.45, 7) is 8.04. The lowest BCUT2D eigenvalue weighted by Gasteiger charge is -2.21. The summed E-state index contributed by atoms with van der Waals surface area (Å²) in [5.74, 6) is 1.69. The van der Waals surface area contributed by atoms with E-state index in [1.54, 1.807) is 22.9 Å². The van der Waals surface area contributed by atoms with Crippen LogP contribution in [0.5, 0.6) is 0 Å². The largest absolute Gasteiger partial charge is 0.467 e. The molecule has 0 aliphatic heterocycles. The van der Waals surface area contributed by atoms with Gasteiger partial charge in [-0.1, -0.05) is 32.0 Å². The Kier molecular flexibility index (Phi) is 4.93. The van der Waals surface area contributed by atoms with Crippen LogP contribution in [0.15, 0.2) is 47.1 Å². The number of rotatable bonds is 5. The van der Waals surface area contributed by atoms with Crippen LogP contribution in [0.2, 0.25) is 0 Å². The van der Waals surface area contributed by atoms with E-state index in [2.05, 4.69) is 30.0 Å². The predicted molar refractivity (Wildman–Crippen MR) is 99.4 cm³/mol. The zero-order chi connectivity index (χ0) is 18.8. The molecule has 0 saturated heterocycles. The van der Waals surface area contributed by atoms with Crippen molar-refractivity contribution in [3.05, 3.63) is 65.6 Å². The molecular formula is C20H24N4O2. The Morgan fingerprint density at radius 1 is 1.15 bits per heavy atom. The number of benzene rings is 1. The molecule has 1 amide bonds. The van der Waals surface area contributed by atoms with Crippen molar-refractivity contribution in [3.8, 4) is 5.69 Å². The van der Waals surface area contributed by atoms with Crippen molar-refractivity contribution in [2.24, 2.45) is 0 Å². The Bertz CT molecular complexity index is 896. The summed E-state index contributed by atoms with van der Waals surface area (Å²) in [6.07, 6.45) is 1.60. The van der Waals surface area contributed by atoms with Crippen molar-refractivity contribution in [3.63, 3.8) is 0 Å². The third-order valence-corrected chi connectivity index (χ3v) is 4.60. The molecule has 1 atom stereocenters. The molecule has 3 rings (SSSR count). The van der Waals surface area contributed by atoms with Gasteiger partial charge in [-0.15, -0.1) is 5.10 Å². The van der Waals surface area contributed by atoms with Crippen molar-refractivity contribution < 1.29 is 9.21 Å². The van der Waals surface area contributed by atoms with Crippen molar-refractivity contribution in [2.45, 2.75) is 39.7 Å². The van der Waals surface area contributed by atoms with Crippen LogP contribution in [0, 0.1) is 6.92 Å². The number of aryl methyl sites for hydroxylation is 1. The van der Waals surface area contributed by atoms with Gasteiger partial charge in [0.15, 0.2) is 0 Å². The van der Waals surface area contributed by atoms with E-state index < -0.39 is 0 Å². The van der Waals surface area contributed by atoms with Crippen LogP contribution in [-0.4, -0.2) is 32.6 Å². The standard InChI is InChI=1S/C20H24N4O2/c1-13(2)16-9-6-7-10-17(16)24-15(4)21-19(22-24)20(25)23(5)14(3)18-11-8-12-26-18/h6-14H,1-5H3. The highest BCUT2D eigenvalue weighted by molar-refractivity contribution is 5.90. The molecule has 2 heterocycles. The molecule has 6 heteroatoms. The SMILES string of the molecule is Cc1nc(C(=O)N(C)C(C)c2ccco2)nn1-c1ccccc1C(C)C. The molecule has 0 aliphatic carbocycles. The lowest BCUT2D eigenvalue weighted by molar-refractivity contribution is 0.0714. The average Bonchev–Trinajstić information content (AvgIpc) is 3.29. The van der Waals surface area contributed by atoms with Crippen LogP contribution < -0.4 is 0 Å². The topological polar surface area (TPSA) is 64.2 Å². The fourth-order valence-corrected chi connectivity index (χ4v) is 2.93. The molecule has 0 N–H and O–H groups in total. The van der Waals surface area contributed by atoms with Crippen LogP contribution >= 0.6 is 0 Å². The molecular weight excluding hydrogens is 328 g/mol. The zero-order valence-corrected chi connectivity index (χ0v) is 15.8. The molecule has 0 radical (unpaired) electrons. The van der Waals surface area contributed by atoms with Gasteiger partial charge < -0.3 is 9.32 Å². The first-order valence-electron chi connectivity index (χ1n) is 8.73. The van der Waals surface area contributed by atoms with Crippen LogP contribution in [0.3, 0.4) is 0 Å². The van der Waals surface area contributed by atoms with Gasteiger partial charge in [-0.3, -0.25) is 4.79 Å². The summed E-state index contributed by atoms with van der Waals surface area (Å²) in [5.41, 5.74) is 2.12. The molecule has 0 aliphatic rings. The van der Waals surface area contributed by atoms with Crippen molar-refractivity contribution >= 4 is 5.91 Å². The van der Waals surface area contributed by atoms with E-state index in [0.29, 0.717) is 11.7 Å². The third kappa shape index (κ3) is 3.27. The summed E-state index contributed by atoms with van der Waals surface area (Å²) in [6, 6.07) is 11.5. The van der Waals surface area contributed by atoms with E-state index in [0.717, 1.165) is 17.0 Å². The highest BCUT2D eigenvalue weighted by atomic mass is 16.3. The minimum Gasteiger partial charge on any atom is -0.467 e. The van der Waals surface area contributed by atoms with E-state index in [1.807, 2.05) is 44.2 Å². The van der Waals surface area contributed by atoms with Crippen molar-refractivity contribution in [2.75, 3.05) is 7.05 Å². The van der Waals surface area contributed by atoms with E-state index in [9.17, 15) is 4.79 Å². The third-order valence-electron chi connectivity index (χ3n) is 4.60. The maximum Gasteiger partial charge on any atom is 0.293 e. The molecule has 1 aromatic carbocycles. The number of furan rings is 1. The number of amides is 1. The van der Waals surface area contributed by atoms with Crippen LogP contribution in [0.1, 0.15) is 60.5 Å². The lowest BCUT2D eigenvalue weighted by atomic mass is 10.0. The Morgan fingerprint density at radius 2 is 1.88 bits per heavy atom. The molecule has 3 aromatic rings. The number of aromatic nitrogens is 3. The van der Waals surface area contributed by atoms with E-state index in [1.165, 1.54) is 0 Å². The summed E-state index contributed by atoms with van der Waals surface area (Å²) in [7, 11) is 1.73. The molecule has 1 unspecified atom stereocenters. The normalized spacial score (nSPS) is 12.4. The molecule has 0 spiro atoms. The van der Waals surface area contributed by atoms with E-state index in [4.69, 9.17) is 4.42 Å². The van der Waals surface area contributed by atoms with E-state index in [-0.39, 0.29) is 17.8 Å². The van der Waals surface area contributed by atoms with Crippen LogP contribution in [0.4, 0.5) is 0 Å². The molecule has 0 fully saturated rings. The fourth-order valence-electron chi connectivity index (χ4n) is 2.93. The molecule has 26 heavy (non-hydrogen) atoms. The van der Waals surface area contributed by atoms with Gasteiger partial charge in [0, 0.05) is 7.05 Å². The van der Waals surface area contributed by atoms with Gasteiger partial charge in [0.2, 0.25) is 5.82 Å². The van der Waals surface area contributed by atoms with Gasteiger partial charge in [-0.05, 0) is 43.5 Å². The van der Waals surface area contributed by atoms with E-state index >= 15 is 0 Å². The number of carbonyl (C=O) groups excluding carboxylic acids is 1. The van der Waals surface area contributed by atoms with Crippen LogP contribution in [-0.2, 0) is 0 Å². The fraction of sp³-hybridized carbons (Fsp3) is 0.350. The van der Waals surface area contributed by atoms with Gasteiger partial charge in [0.1, 0.15) is 11.6 Å². The summed E-state index contributed by atoms with van der Waals surface area (Å²) < 4.78 is 7.15. The monoisotopic (exact) mass is 352 g/mol. The van der Waals surface area contributed by atoms with Crippen LogP contribution in [0.25, 0.3) is 5.69 Å². The second-order valence-electron chi connectivity index (χ2n) is 6.72. The molecule has 6 nitrogen and oxygen atoms in total. The average molecular weight is 352 g/mol. The first-order chi connectivity index (χ1) is 12.4. The summed E-state index contributed by atoms with van der Waals surface area (Å²) in [4.78, 5) is 18.8. The number of carbonyl (C=O) groups is 1. The molecule has 0 saturated carbocycles. The van der Waals surface area contributed by atoms with Gasteiger partial charge in [0.05, 0.1) is 18.0 Å². The number of hydrogen-bond donors (Lipinski definition) is 0. The number of para-hydroxylation sites is 1.